The Balaban J connectivity index is 1.00. The van der Waals surface area contributed by atoms with Crippen LogP contribution in [-0.4, -0.2) is 189 Å². The van der Waals surface area contributed by atoms with E-state index in [1.807, 2.05) is 0 Å². The van der Waals surface area contributed by atoms with Crippen LogP contribution >= 0.6 is 0 Å². The van der Waals surface area contributed by atoms with Gasteiger partial charge < -0.3 is 82.2 Å². The average Bonchev–Trinajstić information content (AvgIpc) is 1.62. The number of carbonyl (C=O) groups excluding carboxylic acids is 11. The quantitative estimate of drug-likeness (QED) is 0.0727. The summed E-state index contributed by atoms with van der Waals surface area (Å²) in [5.74, 6) is -11.3. The number of benzene rings is 4. The summed E-state index contributed by atoms with van der Waals surface area (Å²) in [4.78, 5) is 181. The summed E-state index contributed by atoms with van der Waals surface area (Å²) >= 11 is 0. The van der Waals surface area contributed by atoms with Crippen LogP contribution in [0.1, 0.15) is 94.0 Å². The van der Waals surface area contributed by atoms with E-state index in [0.29, 0.717) is 61.8 Å². The van der Waals surface area contributed by atoms with Crippen LogP contribution in [0.15, 0.2) is 109 Å². The number of aromatic amines is 2. The molecular formula is C72H83F2N13O15. The van der Waals surface area contributed by atoms with E-state index >= 15 is 28.4 Å². The Kier molecular flexibility index (Phi) is 23.5. The number of carboxylic acid groups (broad SMARTS) is 1. The lowest BCUT2D eigenvalue weighted by atomic mass is 9.94. The number of nitrogens with zero attached hydrogens (tertiary/aromatic N) is 2. The summed E-state index contributed by atoms with van der Waals surface area (Å²) in [6.45, 7) is 4.92. The molecule has 4 aromatic carbocycles. The van der Waals surface area contributed by atoms with Gasteiger partial charge in [-0.05, 0) is 123 Å². The van der Waals surface area contributed by atoms with Gasteiger partial charge in [-0.25, -0.2) is 13.6 Å². The zero-order valence-electron chi connectivity index (χ0n) is 56.9. The van der Waals surface area contributed by atoms with E-state index in [0.717, 1.165) is 6.92 Å². The van der Waals surface area contributed by atoms with Crippen molar-refractivity contribution in [3.63, 3.8) is 0 Å². The molecule has 2 saturated heterocycles. The van der Waals surface area contributed by atoms with Crippen molar-refractivity contribution in [2.45, 2.75) is 164 Å². The molecule has 0 saturated carbocycles. The maximum atomic E-state index is 15.7. The van der Waals surface area contributed by atoms with Crippen LogP contribution in [0.4, 0.5) is 8.78 Å². The fourth-order valence-electron chi connectivity index (χ4n) is 13.3. The molecule has 6 aromatic rings. The molecule has 0 radical (unpaired) electrons. The van der Waals surface area contributed by atoms with E-state index in [1.54, 1.807) is 60.7 Å². The molecule has 28 nitrogen and oxygen atoms in total. The molecule has 11 atom stereocenters. The number of aliphatic carboxylic acids is 1. The Morgan fingerprint density at radius 3 is 1.90 bits per heavy atom. The van der Waals surface area contributed by atoms with E-state index in [9.17, 15) is 43.1 Å². The number of rotatable bonds is 9. The van der Waals surface area contributed by atoms with Crippen LogP contribution in [0.3, 0.4) is 0 Å². The standard InChI is InChI=1S/C72H83F2N13O15/c1-38-62(90)78-39(2)63(91)82-55(28-44-35-75-52-21-17-46(73)30-50(44)52)66(94)84-58(29-45-36-76-53-22-18-47(74)31-51(45)53)68(96)86-37-49-32-60(86)67(95)81-54(10-7-6-8-25-102-49)64(92)83-57(26-42-15-19-48(101-5)20-16-42)69(97)87-24-9-23-72(87,4)71(100)85-59(70(98)99)27-41-11-13-43(14-12-41)34-77-61(89)33-56(65(93)79-38)80-40(3)88/h6,8,11-22,30-31,35-36,38-39,49,54-60,75-76H,7,9-10,23-29,32-34,37H2,1-5H3,(H,77,89)(H,78,90)(H,79,93)(H,80,88)(H,81,95)(H,82,91)(H,83,92)(H,84,94)(H,85,100)(H,98,99)/b8-6-/t38-,39-,49+,54+,55+,56+,57+,58+,59+,60+,72+/m1/s1. The van der Waals surface area contributed by atoms with Crippen LogP contribution in [-0.2, 0) is 94.5 Å². The molecule has 7 heterocycles. The number of nitrogens with one attached hydrogen (secondary N) is 11. The molecule has 30 heteroatoms. The highest BCUT2D eigenvalue weighted by Gasteiger charge is 2.49. The number of aromatic nitrogens is 2. The minimum absolute atomic E-state index is 0.0184. The molecular weight excluding hydrogens is 1320 g/mol. The fraction of sp³-hybridized carbons (Fsp3) is 0.417. The first kappa shape index (κ1) is 73.7. The Bertz CT molecular complexity index is 4220. The van der Waals surface area contributed by atoms with Gasteiger partial charge in [0, 0.05) is 92.9 Å². The second-order valence-corrected chi connectivity index (χ2v) is 26.4. The SMILES string of the molecule is COc1ccc(C[C@@H]2NC(=O)[C@@H]3CC/C=C\CO[C@H]4C[C@@H](C(=O)N3)N(C4)C(=O)[C@H](Cc3c[nH]c4ccc(F)cc34)NC(=O)[C@H](Cc3c[nH]c4ccc(F)cc34)NC(=O)[C@@H](C)NC(=O)[C@@H](C)NC(=O)[C@@H](NC(C)=O)CC(=O)NCc3ccc(cc3)C[C@@H](C(=O)O)NC(=O)[C@]3(C)CCCN3C2=O)cc1. The van der Waals surface area contributed by atoms with Crippen LogP contribution in [0.5, 0.6) is 5.75 Å². The molecule has 5 aliphatic rings. The molecule has 5 bridgehead atoms. The molecule has 540 valence electrons. The number of amides is 11. The normalized spacial score (nSPS) is 26.3. The summed E-state index contributed by atoms with van der Waals surface area (Å²) in [6.07, 6.45) is 4.51. The van der Waals surface area contributed by atoms with Crippen molar-refractivity contribution in [1.29, 1.82) is 0 Å². The number of methoxy groups -OCH3 is 1. The topological polar surface area (TPSA) is 390 Å². The highest BCUT2D eigenvalue weighted by atomic mass is 19.1. The number of hydrogen-bond acceptors (Lipinski definition) is 14. The minimum atomic E-state index is -1.65. The van der Waals surface area contributed by atoms with Gasteiger partial charge in [-0.1, -0.05) is 48.6 Å². The Labute approximate surface area is 584 Å². The maximum absolute atomic E-state index is 15.7. The van der Waals surface area contributed by atoms with E-state index in [2.05, 4.69) is 57.8 Å². The van der Waals surface area contributed by atoms with Crippen LogP contribution in [0.25, 0.3) is 21.8 Å². The van der Waals surface area contributed by atoms with E-state index in [1.165, 1.54) is 86.5 Å². The van der Waals surface area contributed by atoms with Gasteiger partial charge in [-0.2, -0.15) is 0 Å². The van der Waals surface area contributed by atoms with Crippen molar-refractivity contribution in [3.05, 3.63) is 149 Å². The number of hydrogen-bond donors (Lipinski definition) is 12. The number of carbonyl (C=O) groups is 12. The van der Waals surface area contributed by atoms with Gasteiger partial charge in [0.15, 0.2) is 0 Å². The highest BCUT2D eigenvalue weighted by Crippen LogP contribution is 2.32. The zero-order valence-corrected chi connectivity index (χ0v) is 56.9. The molecule has 0 spiro atoms. The van der Waals surface area contributed by atoms with E-state index in [4.69, 9.17) is 9.47 Å². The lowest BCUT2D eigenvalue weighted by molar-refractivity contribution is -0.149. The van der Waals surface area contributed by atoms with Crippen LogP contribution in [0, 0.1) is 11.6 Å². The van der Waals surface area contributed by atoms with E-state index < -0.39 is 155 Å². The predicted molar refractivity (Wildman–Crippen MR) is 365 cm³/mol. The molecule has 2 aromatic heterocycles. The van der Waals surface area contributed by atoms with Crippen LogP contribution in [0.2, 0.25) is 0 Å². The molecule has 11 amide bonds. The predicted octanol–water partition coefficient (Wildman–Crippen LogP) is 1.97. The summed E-state index contributed by atoms with van der Waals surface area (Å²) in [5.41, 5.74) is 1.53. The Morgan fingerprint density at radius 1 is 0.667 bits per heavy atom. The zero-order chi connectivity index (χ0) is 73.1. The molecule has 5 aliphatic heterocycles. The van der Waals surface area contributed by atoms with Crippen molar-refractivity contribution in [2.24, 2.45) is 0 Å². The van der Waals surface area contributed by atoms with Gasteiger partial charge in [0.1, 0.15) is 77.3 Å². The number of allylic oxidation sites excluding steroid dienone is 1. The fourth-order valence-corrected chi connectivity index (χ4v) is 13.3. The van der Waals surface area contributed by atoms with Gasteiger partial charge >= 0.3 is 5.97 Å². The second-order valence-electron chi connectivity index (χ2n) is 26.4. The molecule has 102 heavy (non-hydrogen) atoms. The third-order valence-corrected chi connectivity index (χ3v) is 19.0. The smallest absolute Gasteiger partial charge is 0.326 e. The number of ether oxygens (including phenoxy) is 2. The van der Waals surface area contributed by atoms with Crippen molar-refractivity contribution in [2.75, 3.05) is 26.8 Å². The third kappa shape index (κ3) is 17.9. The maximum Gasteiger partial charge on any atom is 0.326 e. The van der Waals surface area contributed by atoms with Gasteiger partial charge in [-0.15, -0.1) is 0 Å². The number of carboxylic acids is 1. The van der Waals surface area contributed by atoms with Crippen molar-refractivity contribution in [3.8, 4) is 5.75 Å². The van der Waals surface area contributed by atoms with Gasteiger partial charge in [0.05, 0.1) is 26.2 Å². The first-order chi connectivity index (χ1) is 48.7. The van der Waals surface area contributed by atoms with E-state index in [-0.39, 0.29) is 77.6 Å². The summed E-state index contributed by atoms with van der Waals surface area (Å²) in [5, 5.41) is 35.1. The number of fused-ring (bicyclic) bond motifs is 28. The third-order valence-electron chi connectivity index (χ3n) is 19.0. The molecule has 0 unspecified atom stereocenters. The lowest BCUT2D eigenvalue weighted by Gasteiger charge is -2.37. The summed E-state index contributed by atoms with van der Waals surface area (Å²) in [7, 11) is 1.48. The summed E-state index contributed by atoms with van der Waals surface area (Å²) in [6, 6.07) is 7.66. The van der Waals surface area contributed by atoms with Crippen molar-refractivity contribution < 1.29 is 80.9 Å². The average molecular weight is 1410 g/mol. The van der Waals surface area contributed by atoms with Crippen LogP contribution < -0.4 is 52.6 Å². The van der Waals surface area contributed by atoms with Gasteiger partial charge in [-0.3, -0.25) is 52.7 Å². The summed E-state index contributed by atoms with van der Waals surface area (Å²) < 4.78 is 41.6. The first-order valence-corrected chi connectivity index (χ1v) is 33.7. The van der Waals surface area contributed by atoms with Crippen molar-refractivity contribution in [1.82, 2.24) is 67.6 Å². The molecule has 0 aliphatic carbocycles. The molecule has 12 N–H and O–H groups in total. The molecule has 2 fully saturated rings. The Morgan fingerprint density at radius 2 is 1.26 bits per heavy atom. The van der Waals surface area contributed by atoms with Gasteiger partial charge in [0.25, 0.3) is 0 Å². The number of H-pyrrole nitrogens is 2. The lowest BCUT2D eigenvalue weighted by Crippen LogP contribution is -2.63. The first-order valence-electron chi connectivity index (χ1n) is 33.7. The largest absolute Gasteiger partial charge is 0.497 e. The highest BCUT2D eigenvalue weighted by molar-refractivity contribution is 6.01. The van der Waals surface area contributed by atoms with Gasteiger partial charge in [0.2, 0.25) is 65.0 Å². The Hall–Kier alpha value is -11.0. The number of halogens is 2. The van der Waals surface area contributed by atoms with Crippen molar-refractivity contribution >= 4 is 92.8 Å². The molecule has 11 rings (SSSR count). The second kappa shape index (κ2) is 32.5. The monoisotopic (exact) mass is 1410 g/mol. The minimum Gasteiger partial charge on any atom is -0.497 e.